The molecule has 0 spiro atoms. The van der Waals surface area contributed by atoms with Crippen molar-refractivity contribution in [2.24, 2.45) is 4.99 Å². The number of aliphatic imine (C=N–C) groups is 1. The molecule has 1 heterocycles. The summed E-state index contributed by atoms with van der Waals surface area (Å²) in [4.78, 5) is 20.4. The van der Waals surface area contributed by atoms with Gasteiger partial charge in [-0.1, -0.05) is 28.1 Å². The lowest BCUT2D eigenvalue weighted by atomic mass is 10.1. The first-order valence-corrected chi connectivity index (χ1v) is 9.99. The number of nitrogens with zero attached hydrogens (tertiary/aromatic N) is 3. The molecule has 1 aliphatic heterocycles. The average molecular weight is 552 g/mol. The molecule has 1 fully saturated rings. The van der Waals surface area contributed by atoms with E-state index >= 15 is 0 Å². The van der Waals surface area contributed by atoms with Gasteiger partial charge >= 0.3 is 0 Å². The van der Waals surface area contributed by atoms with Gasteiger partial charge in [0.25, 0.3) is 0 Å². The molecule has 27 heavy (non-hydrogen) atoms. The summed E-state index contributed by atoms with van der Waals surface area (Å²) >= 11 is 3.46. The number of piperidine rings is 1. The molecular weight excluding hydrogens is 521 g/mol. The highest BCUT2D eigenvalue weighted by Crippen LogP contribution is 2.12. The van der Waals surface area contributed by atoms with Crippen molar-refractivity contribution in [2.75, 3.05) is 40.3 Å². The lowest BCUT2D eigenvalue weighted by Crippen LogP contribution is -2.50. The third-order valence-corrected chi connectivity index (χ3v) is 4.99. The van der Waals surface area contributed by atoms with Crippen LogP contribution in [-0.2, 0) is 11.3 Å². The number of amides is 1. The Morgan fingerprint density at radius 2 is 1.89 bits per heavy atom. The summed E-state index contributed by atoms with van der Waals surface area (Å²) in [6.07, 6.45) is 2.03. The minimum absolute atomic E-state index is 0. The van der Waals surface area contributed by atoms with Crippen LogP contribution >= 0.6 is 39.9 Å². The summed E-state index contributed by atoms with van der Waals surface area (Å²) in [5.74, 6) is 1.03. The van der Waals surface area contributed by atoms with Crippen molar-refractivity contribution < 1.29 is 4.79 Å². The van der Waals surface area contributed by atoms with Crippen molar-refractivity contribution in [1.29, 1.82) is 0 Å². The van der Waals surface area contributed by atoms with Gasteiger partial charge in [0, 0.05) is 44.2 Å². The van der Waals surface area contributed by atoms with E-state index in [0.717, 1.165) is 42.9 Å². The molecule has 1 amide bonds. The number of likely N-dealkylation sites (N-methyl/N-ethyl adjacent to an activating group) is 1. The fourth-order valence-corrected chi connectivity index (χ4v) is 3.11. The fraction of sp³-hybridized carbons (Fsp3) is 0.579. The summed E-state index contributed by atoms with van der Waals surface area (Å²) in [5, 5.41) is 6.87. The minimum Gasteiger partial charge on any atom is -0.357 e. The van der Waals surface area contributed by atoms with Crippen LogP contribution in [0.2, 0.25) is 0 Å². The first-order chi connectivity index (χ1) is 12.5. The Balaban J connectivity index is 0.00000364. The van der Waals surface area contributed by atoms with Gasteiger partial charge in [-0.2, -0.15) is 0 Å². The van der Waals surface area contributed by atoms with Crippen LogP contribution in [0.5, 0.6) is 0 Å². The van der Waals surface area contributed by atoms with Crippen LogP contribution in [0.1, 0.15) is 25.3 Å². The summed E-state index contributed by atoms with van der Waals surface area (Å²) < 4.78 is 1.08. The van der Waals surface area contributed by atoms with Gasteiger partial charge in [0.2, 0.25) is 5.91 Å². The lowest BCUT2D eigenvalue weighted by Gasteiger charge is -2.33. The van der Waals surface area contributed by atoms with Crippen LogP contribution in [0.25, 0.3) is 0 Å². The van der Waals surface area contributed by atoms with Crippen molar-refractivity contribution in [2.45, 2.75) is 32.4 Å². The van der Waals surface area contributed by atoms with Crippen molar-refractivity contribution in [1.82, 2.24) is 20.4 Å². The van der Waals surface area contributed by atoms with E-state index in [4.69, 9.17) is 4.99 Å². The zero-order chi connectivity index (χ0) is 18.9. The van der Waals surface area contributed by atoms with Crippen LogP contribution < -0.4 is 10.6 Å². The number of likely N-dealkylation sites (tertiary alicyclic amines) is 1. The number of hydrogen-bond donors (Lipinski definition) is 2. The molecule has 0 unspecified atom stereocenters. The Morgan fingerprint density at radius 1 is 1.26 bits per heavy atom. The van der Waals surface area contributed by atoms with Crippen molar-refractivity contribution >= 4 is 51.8 Å². The summed E-state index contributed by atoms with van der Waals surface area (Å²) in [6.45, 7) is 5.94. The monoisotopic (exact) mass is 551 g/mol. The number of carbonyl (C=O) groups is 1. The van der Waals surface area contributed by atoms with E-state index in [-0.39, 0.29) is 29.9 Å². The number of guanidine groups is 1. The van der Waals surface area contributed by atoms with Crippen LogP contribution in [-0.4, -0.2) is 68.0 Å². The van der Waals surface area contributed by atoms with E-state index in [2.05, 4.69) is 50.5 Å². The molecule has 0 aliphatic carbocycles. The van der Waals surface area contributed by atoms with E-state index in [9.17, 15) is 4.79 Å². The zero-order valence-electron chi connectivity index (χ0n) is 16.4. The summed E-state index contributed by atoms with van der Waals surface area (Å²) in [5.41, 5.74) is 1.18. The molecule has 0 bridgehead atoms. The van der Waals surface area contributed by atoms with Gasteiger partial charge in [-0.05, 0) is 37.5 Å². The number of carbonyl (C=O) groups excluding carboxylic acids is 1. The van der Waals surface area contributed by atoms with Crippen molar-refractivity contribution in [3.8, 4) is 0 Å². The highest BCUT2D eigenvalue weighted by atomic mass is 127. The first kappa shape index (κ1) is 24.2. The largest absolute Gasteiger partial charge is 0.357 e. The Bertz CT molecular complexity index is 601. The molecule has 0 atom stereocenters. The summed E-state index contributed by atoms with van der Waals surface area (Å²) in [7, 11) is 3.61. The Hall–Kier alpha value is -0.870. The second kappa shape index (κ2) is 12.6. The Morgan fingerprint density at radius 3 is 2.44 bits per heavy atom. The maximum atomic E-state index is 11.8. The van der Waals surface area contributed by atoms with E-state index in [1.54, 1.807) is 19.0 Å². The van der Waals surface area contributed by atoms with Crippen LogP contribution in [0, 0.1) is 0 Å². The fourth-order valence-electron chi connectivity index (χ4n) is 2.84. The van der Waals surface area contributed by atoms with Gasteiger partial charge in [0.1, 0.15) is 0 Å². The number of halogens is 2. The zero-order valence-corrected chi connectivity index (χ0v) is 20.3. The first-order valence-electron chi connectivity index (χ1n) is 9.19. The van der Waals surface area contributed by atoms with Gasteiger partial charge in [-0.3, -0.25) is 9.69 Å². The van der Waals surface area contributed by atoms with Crippen LogP contribution in [0.3, 0.4) is 0 Å². The van der Waals surface area contributed by atoms with Crippen molar-refractivity contribution in [3.05, 3.63) is 34.3 Å². The number of benzene rings is 1. The molecule has 2 N–H and O–H groups in total. The van der Waals surface area contributed by atoms with Crippen molar-refractivity contribution in [3.63, 3.8) is 0 Å². The Kier molecular flexibility index (Phi) is 11.2. The molecule has 0 aromatic heterocycles. The summed E-state index contributed by atoms with van der Waals surface area (Å²) in [6, 6.07) is 8.63. The third-order valence-electron chi connectivity index (χ3n) is 4.46. The maximum Gasteiger partial charge on any atom is 0.236 e. The molecule has 0 radical (unpaired) electrons. The maximum absolute atomic E-state index is 11.8. The van der Waals surface area contributed by atoms with Gasteiger partial charge < -0.3 is 15.5 Å². The average Bonchev–Trinajstić information content (AvgIpc) is 2.62. The predicted octanol–water partition coefficient (Wildman–Crippen LogP) is 2.67. The predicted molar refractivity (Wildman–Crippen MR) is 126 cm³/mol. The number of nitrogens with one attached hydrogen (secondary N) is 2. The molecule has 8 heteroatoms. The Labute approximate surface area is 188 Å². The standard InChI is InChI=1S/C19H30BrN5O.HI/c1-4-21-19(22-13-15-5-7-16(20)8-6-15)23-17-9-11-25(12-10-17)14-18(26)24(2)3;/h5-8,17H,4,9-14H2,1-3H3,(H2,21,22,23);1H. The topological polar surface area (TPSA) is 60.0 Å². The van der Waals surface area contributed by atoms with Gasteiger partial charge in [0.05, 0.1) is 13.1 Å². The number of hydrogen-bond acceptors (Lipinski definition) is 3. The van der Waals surface area contributed by atoms with Crippen LogP contribution in [0.15, 0.2) is 33.7 Å². The molecule has 6 nitrogen and oxygen atoms in total. The number of rotatable bonds is 6. The second-order valence-electron chi connectivity index (χ2n) is 6.80. The van der Waals surface area contributed by atoms with E-state index in [1.807, 2.05) is 12.1 Å². The highest BCUT2D eigenvalue weighted by molar-refractivity contribution is 14.0. The molecule has 1 aromatic rings. The van der Waals surface area contributed by atoms with E-state index < -0.39 is 0 Å². The SMILES string of the molecule is CCNC(=NCc1ccc(Br)cc1)NC1CCN(CC(=O)N(C)C)CC1.I. The van der Waals surface area contributed by atoms with E-state index in [1.165, 1.54) is 5.56 Å². The van der Waals surface area contributed by atoms with E-state index in [0.29, 0.717) is 19.1 Å². The molecule has 0 saturated carbocycles. The third kappa shape index (κ3) is 8.78. The van der Waals surface area contributed by atoms with Crippen LogP contribution in [0.4, 0.5) is 0 Å². The van der Waals surface area contributed by atoms with Gasteiger partial charge in [-0.15, -0.1) is 24.0 Å². The molecule has 1 aliphatic rings. The molecule has 2 rings (SSSR count). The molecule has 152 valence electrons. The minimum atomic E-state index is 0. The molecule has 1 aromatic carbocycles. The normalized spacial score (nSPS) is 15.8. The smallest absolute Gasteiger partial charge is 0.236 e. The second-order valence-corrected chi connectivity index (χ2v) is 7.72. The highest BCUT2D eigenvalue weighted by Gasteiger charge is 2.21. The molecular formula is C19H31BrIN5O. The quantitative estimate of drug-likeness (QED) is 0.324. The van der Waals surface area contributed by atoms with Gasteiger partial charge in [0.15, 0.2) is 5.96 Å². The lowest BCUT2D eigenvalue weighted by molar-refractivity contribution is -0.130. The van der Waals surface area contributed by atoms with Gasteiger partial charge in [-0.25, -0.2) is 4.99 Å². The molecule has 1 saturated heterocycles.